The zero-order chi connectivity index (χ0) is 23.1. The highest BCUT2D eigenvalue weighted by Crippen LogP contribution is 2.22. The molecule has 0 fully saturated rings. The predicted octanol–water partition coefficient (Wildman–Crippen LogP) is 3.43. The Morgan fingerprint density at radius 2 is 1.81 bits per heavy atom. The number of aromatic nitrogens is 3. The van der Waals surface area contributed by atoms with Crippen molar-refractivity contribution < 1.29 is 14.5 Å². The number of amides is 2. The van der Waals surface area contributed by atoms with Crippen LogP contribution in [0.4, 0.5) is 11.4 Å². The third-order valence-electron chi connectivity index (χ3n) is 4.53. The second-order valence-electron chi connectivity index (χ2n) is 6.79. The van der Waals surface area contributed by atoms with Crippen LogP contribution in [-0.2, 0) is 11.3 Å². The van der Waals surface area contributed by atoms with Crippen molar-refractivity contribution in [1.29, 1.82) is 0 Å². The number of non-ortho nitro benzene ring substituents is 1. The van der Waals surface area contributed by atoms with Crippen LogP contribution in [0.2, 0.25) is 0 Å². The number of carbonyl (C=O) groups excluding carboxylic acids is 2. The summed E-state index contributed by atoms with van der Waals surface area (Å²) in [6.07, 6.45) is 0. The number of hydrogen-bond donors (Lipinski definition) is 2. The molecule has 11 heteroatoms. The lowest BCUT2D eigenvalue weighted by Crippen LogP contribution is -2.28. The van der Waals surface area contributed by atoms with Gasteiger partial charge in [-0.3, -0.25) is 19.7 Å². The molecule has 0 saturated carbocycles. The Labute approximate surface area is 188 Å². The van der Waals surface area contributed by atoms with Crippen molar-refractivity contribution in [3.05, 3.63) is 76.1 Å². The van der Waals surface area contributed by atoms with Gasteiger partial charge in [0.15, 0.2) is 11.0 Å². The van der Waals surface area contributed by atoms with Crippen molar-refractivity contribution in [3.63, 3.8) is 0 Å². The summed E-state index contributed by atoms with van der Waals surface area (Å²) in [6.45, 7) is 4.33. The maximum absolute atomic E-state index is 12.4. The lowest BCUT2D eigenvalue weighted by atomic mass is 10.2. The third-order valence-corrected chi connectivity index (χ3v) is 5.49. The Morgan fingerprint density at radius 3 is 2.44 bits per heavy atom. The smallest absolute Gasteiger partial charge is 0.269 e. The first-order valence-corrected chi connectivity index (χ1v) is 10.8. The first-order chi connectivity index (χ1) is 15.4. The van der Waals surface area contributed by atoms with Crippen molar-refractivity contribution in [3.8, 4) is 0 Å². The standard InChI is InChI=1S/C21H22N6O4S/c1-3-26-19(14(2)22-20(29)15-7-5-4-6-8-15)24-25-21(26)32-13-18(28)23-16-9-11-17(12-10-16)27(30)31/h4-12,14H,3,13H2,1-2H3,(H,22,29)(H,23,28)/t14-/m0/s1. The van der Waals surface area contributed by atoms with Crippen LogP contribution < -0.4 is 10.6 Å². The summed E-state index contributed by atoms with van der Waals surface area (Å²) in [5, 5.41) is 25.2. The molecule has 0 aliphatic carbocycles. The summed E-state index contributed by atoms with van der Waals surface area (Å²) in [5.41, 5.74) is 0.977. The number of nitrogens with zero attached hydrogens (tertiary/aromatic N) is 4. The molecule has 166 valence electrons. The molecule has 0 saturated heterocycles. The minimum Gasteiger partial charge on any atom is -0.342 e. The minimum atomic E-state index is -0.500. The maximum atomic E-state index is 12.4. The van der Waals surface area contributed by atoms with Gasteiger partial charge in [-0.25, -0.2) is 0 Å². The predicted molar refractivity (Wildman–Crippen MR) is 120 cm³/mol. The molecule has 0 unspecified atom stereocenters. The van der Waals surface area contributed by atoms with E-state index in [1.165, 1.54) is 36.0 Å². The average molecular weight is 455 g/mol. The van der Waals surface area contributed by atoms with E-state index in [9.17, 15) is 19.7 Å². The number of nitrogens with one attached hydrogen (secondary N) is 2. The number of anilines is 1. The van der Waals surface area contributed by atoms with Gasteiger partial charge in [0.05, 0.1) is 16.7 Å². The molecule has 1 atom stereocenters. The number of nitro benzene ring substituents is 1. The van der Waals surface area contributed by atoms with E-state index in [1.807, 2.05) is 24.5 Å². The Hall–Kier alpha value is -3.73. The van der Waals surface area contributed by atoms with E-state index in [2.05, 4.69) is 20.8 Å². The van der Waals surface area contributed by atoms with Crippen LogP contribution in [0.3, 0.4) is 0 Å². The fraction of sp³-hybridized carbons (Fsp3) is 0.238. The molecule has 0 aliphatic rings. The summed E-state index contributed by atoms with van der Waals surface area (Å²) in [4.78, 5) is 34.9. The molecule has 2 aromatic carbocycles. The lowest BCUT2D eigenvalue weighted by molar-refractivity contribution is -0.384. The largest absolute Gasteiger partial charge is 0.342 e. The lowest BCUT2D eigenvalue weighted by Gasteiger charge is -2.15. The first-order valence-electron chi connectivity index (χ1n) is 9.85. The van der Waals surface area contributed by atoms with Crippen LogP contribution in [0.25, 0.3) is 0 Å². The van der Waals surface area contributed by atoms with Crippen LogP contribution in [-0.4, -0.2) is 37.3 Å². The molecule has 0 bridgehead atoms. The van der Waals surface area contributed by atoms with Crippen LogP contribution in [0, 0.1) is 10.1 Å². The summed E-state index contributed by atoms with van der Waals surface area (Å²) >= 11 is 1.22. The van der Waals surface area contributed by atoms with Gasteiger partial charge in [-0.15, -0.1) is 10.2 Å². The quantitative estimate of drug-likeness (QED) is 0.288. The van der Waals surface area contributed by atoms with Crippen molar-refractivity contribution in [2.75, 3.05) is 11.1 Å². The number of nitro groups is 1. The molecule has 2 N–H and O–H groups in total. The number of thioether (sulfide) groups is 1. The highest BCUT2D eigenvalue weighted by Gasteiger charge is 2.20. The van der Waals surface area contributed by atoms with Crippen LogP contribution in [0.5, 0.6) is 0 Å². The van der Waals surface area contributed by atoms with Gasteiger partial charge in [0.1, 0.15) is 0 Å². The topological polar surface area (TPSA) is 132 Å². The minimum absolute atomic E-state index is 0.0468. The van der Waals surface area contributed by atoms with E-state index in [0.29, 0.717) is 28.8 Å². The number of rotatable bonds is 9. The number of hydrogen-bond acceptors (Lipinski definition) is 7. The Kier molecular flexibility index (Phi) is 7.55. The molecule has 1 aromatic heterocycles. The summed E-state index contributed by atoms with van der Waals surface area (Å²) in [6, 6.07) is 14.1. The zero-order valence-corrected chi connectivity index (χ0v) is 18.3. The van der Waals surface area contributed by atoms with E-state index in [4.69, 9.17) is 0 Å². The summed E-state index contributed by atoms with van der Waals surface area (Å²) in [7, 11) is 0. The normalized spacial score (nSPS) is 11.6. The van der Waals surface area contributed by atoms with E-state index in [1.54, 1.807) is 24.3 Å². The van der Waals surface area contributed by atoms with Gasteiger partial charge in [0.2, 0.25) is 5.91 Å². The first kappa shape index (κ1) is 22.9. The number of benzene rings is 2. The second kappa shape index (κ2) is 10.5. The molecule has 0 radical (unpaired) electrons. The van der Waals surface area contributed by atoms with E-state index >= 15 is 0 Å². The van der Waals surface area contributed by atoms with E-state index in [-0.39, 0.29) is 29.3 Å². The van der Waals surface area contributed by atoms with Gasteiger partial charge in [-0.2, -0.15) is 0 Å². The molecule has 3 rings (SSSR count). The molecule has 3 aromatic rings. The van der Waals surface area contributed by atoms with Gasteiger partial charge in [0, 0.05) is 29.9 Å². The highest BCUT2D eigenvalue weighted by atomic mass is 32.2. The van der Waals surface area contributed by atoms with Gasteiger partial charge in [-0.1, -0.05) is 30.0 Å². The molecule has 10 nitrogen and oxygen atoms in total. The SMILES string of the molecule is CCn1c(SCC(=O)Nc2ccc([N+](=O)[O-])cc2)nnc1[C@H](C)NC(=O)c1ccccc1. The van der Waals surface area contributed by atoms with Crippen molar-refractivity contribution in [2.24, 2.45) is 0 Å². The van der Waals surface area contributed by atoms with Crippen molar-refractivity contribution >= 4 is 35.0 Å². The monoisotopic (exact) mass is 454 g/mol. The van der Waals surface area contributed by atoms with E-state index in [0.717, 1.165) is 0 Å². The molecule has 1 heterocycles. The van der Waals surface area contributed by atoms with Gasteiger partial charge in [-0.05, 0) is 38.1 Å². The average Bonchev–Trinajstić information content (AvgIpc) is 3.21. The van der Waals surface area contributed by atoms with Gasteiger partial charge >= 0.3 is 0 Å². The van der Waals surface area contributed by atoms with Crippen LogP contribution >= 0.6 is 11.8 Å². The Bertz CT molecular complexity index is 1100. The molecule has 2 amide bonds. The van der Waals surface area contributed by atoms with Crippen LogP contribution in [0.1, 0.15) is 36.1 Å². The highest BCUT2D eigenvalue weighted by molar-refractivity contribution is 7.99. The molecular formula is C21H22N6O4S. The fourth-order valence-electron chi connectivity index (χ4n) is 2.95. The van der Waals surface area contributed by atoms with E-state index < -0.39 is 4.92 Å². The maximum Gasteiger partial charge on any atom is 0.269 e. The van der Waals surface area contributed by atoms with Crippen molar-refractivity contribution in [1.82, 2.24) is 20.1 Å². The number of carbonyl (C=O) groups is 2. The fourth-order valence-corrected chi connectivity index (χ4v) is 3.76. The molecule has 0 aliphatic heterocycles. The summed E-state index contributed by atoms with van der Waals surface area (Å²) in [5.74, 6) is 0.192. The van der Waals surface area contributed by atoms with Crippen LogP contribution in [0.15, 0.2) is 59.8 Å². The molecule has 32 heavy (non-hydrogen) atoms. The molecule has 0 spiro atoms. The Balaban J connectivity index is 1.59. The second-order valence-corrected chi connectivity index (χ2v) is 7.73. The molecular weight excluding hydrogens is 432 g/mol. The zero-order valence-electron chi connectivity index (χ0n) is 17.5. The van der Waals surface area contributed by atoms with Crippen molar-refractivity contribution in [2.45, 2.75) is 31.6 Å². The van der Waals surface area contributed by atoms with Gasteiger partial charge < -0.3 is 15.2 Å². The van der Waals surface area contributed by atoms with Gasteiger partial charge in [0.25, 0.3) is 11.6 Å². The third kappa shape index (κ3) is 5.70. The Morgan fingerprint density at radius 1 is 1.12 bits per heavy atom. The summed E-state index contributed by atoms with van der Waals surface area (Å²) < 4.78 is 1.85.